The lowest BCUT2D eigenvalue weighted by molar-refractivity contribution is 0.262. The van der Waals surface area contributed by atoms with Crippen LogP contribution < -0.4 is 20.1 Å². The Hall–Kier alpha value is -4.49. The minimum Gasteiger partial charge on any atom is -0.457 e. The highest BCUT2D eigenvalue weighted by Crippen LogP contribution is 2.29. The number of aromatic nitrogens is 4. The number of sulfonamides is 1. The van der Waals surface area contributed by atoms with Crippen molar-refractivity contribution in [3.8, 4) is 17.2 Å². The smallest absolute Gasteiger partial charge is 0.324 e. The lowest BCUT2D eigenvalue weighted by Gasteiger charge is -2.14. The molecule has 5 aromatic rings. The molecule has 0 unspecified atom stereocenters. The van der Waals surface area contributed by atoms with Gasteiger partial charge in [0.25, 0.3) is 0 Å². The van der Waals surface area contributed by atoms with Gasteiger partial charge in [-0.05, 0) is 48.5 Å². The van der Waals surface area contributed by atoms with Gasteiger partial charge in [-0.1, -0.05) is 20.8 Å². The minimum absolute atomic E-state index is 0.148. The fraction of sp³-hybridized carbons (Fsp3) is 0.185. The van der Waals surface area contributed by atoms with Crippen LogP contribution in [0.15, 0.2) is 72.4 Å². The van der Waals surface area contributed by atoms with Gasteiger partial charge in [-0.25, -0.2) is 27.9 Å². The van der Waals surface area contributed by atoms with E-state index < -0.39 is 16.1 Å². The Morgan fingerprint density at radius 3 is 2.45 bits per heavy atom. The molecule has 0 aliphatic heterocycles. The summed E-state index contributed by atoms with van der Waals surface area (Å²) in [5.74, 6) is 1.56. The molecular formula is C27H27N7O4S2. The van der Waals surface area contributed by atoms with Gasteiger partial charge in [0.05, 0.1) is 33.4 Å². The molecule has 3 aromatic heterocycles. The van der Waals surface area contributed by atoms with E-state index in [1.807, 2.05) is 24.3 Å². The Kier molecular flexibility index (Phi) is 7.17. The number of hydrogen-bond donors (Lipinski definition) is 3. The summed E-state index contributed by atoms with van der Waals surface area (Å²) in [6, 6.07) is 17.1. The molecule has 0 saturated heterocycles. The molecular weight excluding hydrogens is 550 g/mol. The number of carbonyl (C=O) groups is 1. The number of nitrogens with one attached hydrogen (secondary N) is 3. The first-order chi connectivity index (χ1) is 18.9. The molecule has 0 bridgehead atoms. The fourth-order valence-electron chi connectivity index (χ4n) is 3.75. The summed E-state index contributed by atoms with van der Waals surface area (Å²) in [6.07, 6.45) is 2.48. The molecule has 0 saturated carbocycles. The van der Waals surface area contributed by atoms with Crippen molar-refractivity contribution < 1.29 is 17.9 Å². The largest absolute Gasteiger partial charge is 0.457 e. The third kappa shape index (κ3) is 6.55. The molecule has 0 spiro atoms. The van der Waals surface area contributed by atoms with Crippen molar-refractivity contribution in [3.63, 3.8) is 0 Å². The van der Waals surface area contributed by atoms with Crippen LogP contribution >= 0.6 is 11.3 Å². The number of hydrogen-bond acceptors (Lipinski definition) is 8. The van der Waals surface area contributed by atoms with Crippen molar-refractivity contribution >= 4 is 54.9 Å². The Morgan fingerprint density at radius 2 is 1.73 bits per heavy atom. The van der Waals surface area contributed by atoms with Crippen LogP contribution in [0.2, 0.25) is 0 Å². The van der Waals surface area contributed by atoms with Gasteiger partial charge < -0.3 is 10.1 Å². The summed E-state index contributed by atoms with van der Waals surface area (Å²) in [4.78, 5) is 21.3. The van der Waals surface area contributed by atoms with Crippen LogP contribution in [0.25, 0.3) is 15.9 Å². The topological polar surface area (TPSA) is 140 Å². The van der Waals surface area contributed by atoms with Crippen LogP contribution in [-0.2, 0) is 15.4 Å². The lowest BCUT2D eigenvalue weighted by atomic mass is 9.92. The van der Waals surface area contributed by atoms with Crippen molar-refractivity contribution in [2.45, 2.75) is 26.2 Å². The number of benzene rings is 2. The first-order valence-corrected chi connectivity index (χ1v) is 14.9. The molecule has 5 rings (SSSR count). The third-order valence-electron chi connectivity index (χ3n) is 5.65. The normalized spacial score (nSPS) is 11.8. The molecule has 0 atom stereocenters. The Balaban J connectivity index is 1.29. The van der Waals surface area contributed by atoms with E-state index in [0.29, 0.717) is 23.0 Å². The molecule has 206 valence electrons. The number of pyridine rings is 1. The van der Waals surface area contributed by atoms with Crippen LogP contribution in [0.1, 0.15) is 26.5 Å². The van der Waals surface area contributed by atoms with E-state index in [2.05, 4.69) is 46.1 Å². The predicted molar refractivity (Wildman–Crippen MR) is 157 cm³/mol. The number of carbonyl (C=O) groups excluding carboxylic acids is 1. The summed E-state index contributed by atoms with van der Waals surface area (Å²) >= 11 is 1.56. The Labute approximate surface area is 235 Å². The summed E-state index contributed by atoms with van der Waals surface area (Å²) in [7, 11) is -3.46. The first kappa shape index (κ1) is 27.1. The molecule has 0 radical (unpaired) electrons. The molecule has 3 heterocycles. The number of amides is 2. The Bertz CT molecular complexity index is 1790. The van der Waals surface area contributed by atoms with Crippen LogP contribution in [0.4, 0.5) is 22.1 Å². The van der Waals surface area contributed by atoms with Gasteiger partial charge in [0, 0.05) is 29.4 Å². The van der Waals surface area contributed by atoms with Crippen molar-refractivity contribution in [1.82, 2.24) is 19.7 Å². The van der Waals surface area contributed by atoms with E-state index in [9.17, 15) is 13.2 Å². The highest BCUT2D eigenvalue weighted by molar-refractivity contribution is 7.92. The number of ether oxygens (including phenoxy) is 1. The quantitative estimate of drug-likeness (QED) is 0.216. The second kappa shape index (κ2) is 10.6. The van der Waals surface area contributed by atoms with Crippen LogP contribution in [-0.4, -0.2) is 40.5 Å². The zero-order valence-electron chi connectivity index (χ0n) is 22.2. The van der Waals surface area contributed by atoms with Gasteiger partial charge in [0.1, 0.15) is 23.1 Å². The molecule has 0 aliphatic carbocycles. The van der Waals surface area contributed by atoms with Gasteiger partial charge in [-0.2, -0.15) is 5.10 Å². The van der Waals surface area contributed by atoms with E-state index in [4.69, 9.17) is 9.84 Å². The van der Waals surface area contributed by atoms with Gasteiger partial charge in [0.2, 0.25) is 10.0 Å². The van der Waals surface area contributed by atoms with Gasteiger partial charge in [-0.3, -0.25) is 10.0 Å². The maximum atomic E-state index is 13.0. The standard InChI is InChI=1S/C27H27N7O4S2/c1-27(2,3)23-15-25(34(32-23)18-7-10-22-21(13-18)29-16-39-22)31-26(35)30-17-5-8-19(9-6-17)38-20-11-12-28-24(14-20)33-40(4,36)37/h5-16H,1-4H3,(H,28,33)(H2,30,31,35). The number of fused-ring (bicyclic) bond motifs is 1. The third-order valence-corrected chi connectivity index (χ3v) is 7.04. The molecule has 0 aliphatic rings. The van der Waals surface area contributed by atoms with Crippen molar-refractivity contribution in [2.75, 3.05) is 21.6 Å². The minimum atomic E-state index is -3.46. The van der Waals surface area contributed by atoms with E-state index in [1.165, 1.54) is 12.3 Å². The molecule has 3 N–H and O–H groups in total. The van der Waals surface area contributed by atoms with Crippen molar-refractivity contribution in [1.29, 1.82) is 0 Å². The first-order valence-electron chi connectivity index (χ1n) is 12.2. The summed E-state index contributed by atoms with van der Waals surface area (Å²) in [6.45, 7) is 6.18. The second-order valence-corrected chi connectivity index (χ2v) is 12.7. The Morgan fingerprint density at radius 1 is 0.950 bits per heavy atom. The molecule has 40 heavy (non-hydrogen) atoms. The fourth-order valence-corrected chi connectivity index (χ4v) is 4.90. The second-order valence-electron chi connectivity index (χ2n) is 10.0. The number of rotatable bonds is 7. The van der Waals surface area contributed by atoms with Crippen LogP contribution in [0.5, 0.6) is 11.5 Å². The summed E-state index contributed by atoms with van der Waals surface area (Å²) < 4.78 is 33.8. The molecule has 0 fully saturated rings. The summed E-state index contributed by atoms with van der Waals surface area (Å²) in [5, 5.41) is 10.5. The van der Waals surface area contributed by atoms with E-state index in [1.54, 1.807) is 51.9 Å². The van der Waals surface area contributed by atoms with Gasteiger partial charge in [0.15, 0.2) is 0 Å². The average Bonchev–Trinajstić information content (AvgIpc) is 3.51. The molecule has 13 heteroatoms. The summed E-state index contributed by atoms with van der Waals surface area (Å²) in [5.41, 5.74) is 4.60. The van der Waals surface area contributed by atoms with E-state index >= 15 is 0 Å². The van der Waals surface area contributed by atoms with Gasteiger partial charge in [-0.15, -0.1) is 11.3 Å². The SMILES string of the molecule is CC(C)(C)c1cc(NC(=O)Nc2ccc(Oc3ccnc(NS(C)(=O)=O)c3)cc2)n(-c2ccc3scnc3c2)n1. The van der Waals surface area contributed by atoms with E-state index in [-0.39, 0.29) is 11.2 Å². The van der Waals surface area contributed by atoms with Gasteiger partial charge >= 0.3 is 6.03 Å². The number of urea groups is 1. The molecule has 11 nitrogen and oxygen atoms in total. The maximum Gasteiger partial charge on any atom is 0.324 e. The van der Waals surface area contributed by atoms with Crippen LogP contribution in [0.3, 0.4) is 0 Å². The number of anilines is 3. The lowest BCUT2D eigenvalue weighted by Crippen LogP contribution is -2.21. The highest BCUT2D eigenvalue weighted by atomic mass is 32.2. The molecule has 2 amide bonds. The van der Waals surface area contributed by atoms with Crippen LogP contribution in [0, 0.1) is 0 Å². The van der Waals surface area contributed by atoms with Crippen molar-refractivity contribution in [3.05, 3.63) is 78.1 Å². The average molecular weight is 578 g/mol. The predicted octanol–water partition coefficient (Wildman–Crippen LogP) is 5.98. The highest BCUT2D eigenvalue weighted by Gasteiger charge is 2.22. The number of nitrogens with zero attached hydrogens (tertiary/aromatic N) is 4. The molecule has 2 aromatic carbocycles. The number of thiazole rings is 1. The maximum absolute atomic E-state index is 13.0. The van der Waals surface area contributed by atoms with E-state index in [0.717, 1.165) is 27.9 Å². The monoisotopic (exact) mass is 577 g/mol. The van der Waals surface area contributed by atoms with Crippen molar-refractivity contribution in [2.24, 2.45) is 0 Å². The zero-order chi connectivity index (χ0) is 28.5. The zero-order valence-corrected chi connectivity index (χ0v) is 23.8.